The van der Waals surface area contributed by atoms with Crippen LogP contribution in [-0.4, -0.2) is 12.0 Å². The van der Waals surface area contributed by atoms with Crippen molar-refractivity contribution in [3.05, 3.63) is 30.1 Å². The molecule has 0 spiro atoms. The molecule has 0 radical (unpaired) electrons. The monoisotopic (exact) mass is 262 g/mol. The van der Waals surface area contributed by atoms with Crippen molar-refractivity contribution >= 4 is 11.6 Å². The van der Waals surface area contributed by atoms with Crippen LogP contribution in [-0.2, 0) is 0 Å². The van der Waals surface area contributed by atoms with Gasteiger partial charge in [-0.05, 0) is 36.6 Å². The van der Waals surface area contributed by atoms with Crippen molar-refractivity contribution in [1.82, 2.24) is 0 Å². The number of rotatable bonds is 2. The number of benzene rings is 1. The first-order chi connectivity index (χ1) is 8.77. The first kappa shape index (κ1) is 15.0. The van der Waals surface area contributed by atoms with Crippen LogP contribution in [0.15, 0.2) is 29.3 Å². The van der Waals surface area contributed by atoms with Crippen LogP contribution in [0.25, 0.3) is 0 Å². The normalized spacial score (nSPS) is 13.8. The Bertz CT molecular complexity index is 494. The molecule has 1 atom stereocenters. The van der Waals surface area contributed by atoms with E-state index in [1.807, 2.05) is 6.92 Å². The second kappa shape index (κ2) is 5.70. The van der Waals surface area contributed by atoms with E-state index in [1.165, 1.54) is 12.1 Å². The predicted molar refractivity (Wildman–Crippen MR) is 75.0 cm³/mol. The Morgan fingerprint density at radius 1 is 1.37 bits per heavy atom. The fourth-order valence-electron chi connectivity index (χ4n) is 1.65. The molecule has 4 nitrogen and oxygen atoms in total. The summed E-state index contributed by atoms with van der Waals surface area (Å²) >= 11 is 0. The number of anilines is 1. The maximum absolute atomic E-state index is 13.0. The maximum Gasteiger partial charge on any atom is 0.212 e. The standard InChI is InChI=1S/C14H19FN4/c1-10(14(2,3)4)19(13(17)18-9-16)12-7-5-11(15)6-8-12/h5-8,10H,1-4H3,(H2,17,18). The Labute approximate surface area is 113 Å². The second-order valence-electron chi connectivity index (χ2n) is 5.46. The molecule has 2 N–H and O–H groups in total. The molecule has 0 bridgehead atoms. The number of nitriles is 1. The molecule has 0 saturated carbocycles. The van der Waals surface area contributed by atoms with Gasteiger partial charge in [0.1, 0.15) is 5.82 Å². The molecular weight excluding hydrogens is 243 g/mol. The molecular formula is C14H19FN4. The summed E-state index contributed by atoms with van der Waals surface area (Å²) in [7, 11) is 0. The van der Waals surface area contributed by atoms with Crippen molar-refractivity contribution in [3.8, 4) is 6.19 Å². The molecule has 0 aliphatic heterocycles. The lowest BCUT2D eigenvalue weighted by molar-refractivity contribution is 0.339. The van der Waals surface area contributed by atoms with Gasteiger partial charge in [-0.3, -0.25) is 0 Å². The summed E-state index contributed by atoms with van der Waals surface area (Å²) in [5.41, 5.74) is 6.49. The first-order valence-corrected chi connectivity index (χ1v) is 6.04. The van der Waals surface area contributed by atoms with Crippen molar-refractivity contribution in [2.75, 3.05) is 4.90 Å². The van der Waals surface area contributed by atoms with Crippen LogP contribution in [0.1, 0.15) is 27.7 Å². The lowest BCUT2D eigenvalue weighted by Gasteiger charge is -2.38. The topological polar surface area (TPSA) is 65.4 Å². The molecule has 1 aromatic carbocycles. The van der Waals surface area contributed by atoms with Crippen molar-refractivity contribution in [1.29, 1.82) is 5.26 Å². The first-order valence-electron chi connectivity index (χ1n) is 6.04. The summed E-state index contributed by atoms with van der Waals surface area (Å²) in [6, 6.07) is 5.96. The molecule has 1 rings (SSSR count). The lowest BCUT2D eigenvalue weighted by Crippen LogP contribution is -2.49. The number of guanidine groups is 1. The summed E-state index contributed by atoms with van der Waals surface area (Å²) in [5, 5.41) is 8.66. The smallest absolute Gasteiger partial charge is 0.212 e. The Balaban J connectivity index is 3.24. The van der Waals surface area contributed by atoms with Gasteiger partial charge < -0.3 is 10.6 Å². The second-order valence-corrected chi connectivity index (χ2v) is 5.46. The maximum atomic E-state index is 13.0. The molecule has 0 fully saturated rings. The highest BCUT2D eigenvalue weighted by Crippen LogP contribution is 2.28. The molecule has 0 amide bonds. The molecule has 0 heterocycles. The van der Waals surface area contributed by atoms with Crippen LogP contribution in [0.4, 0.5) is 10.1 Å². The Morgan fingerprint density at radius 3 is 2.32 bits per heavy atom. The molecule has 0 aromatic heterocycles. The molecule has 5 heteroatoms. The Hall–Kier alpha value is -2.09. The van der Waals surface area contributed by atoms with E-state index in [0.717, 1.165) is 0 Å². The van der Waals surface area contributed by atoms with Gasteiger partial charge in [0.05, 0.1) is 0 Å². The third-order valence-corrected chi connectivity index (χ3v) is 3.16. The molecule has 1 unspecified atom stereocenters. The number of nitrogens with two attached hydrogens (primary N) is 1. The highest BCUT2D eigenvalue weighted by molar-refractivity contribution is 5.96. The van der Waals surface area contributed by atoms with Gasteiger partial charge in [0, 0.05) is 11.7 Å². The number of nitrogens with zero attached hydrogens (tertiary/aromatic N) is 3. The number of hydrogen-bond acceptors (Lipinski definition) is 2. The summed E-state index contributed by atoms with van der Waals surface area (Å²) in [6.45, 7) is 8.18. The predicted octanol–water partition coefficient (Wildman–Crippen LogP) is 2.86. The molecule has 102 valence electrons. The van der Waals surface area contributed by atoms with E-state index in [2.05, 4.69) is 25.8 Å². The molecule has 0 aliphatic rings. The van der Waals surface area contributed by atoms with E-state index in [-0.39, 0.29) is 23.2 Å². The molecule has 0 saturated heterocycles. The zero-order valence-electron chi connectivity index (χ0n) is 11.7. The van der Waals surface area contributed by atoms with Gasteiger partial charge in [-0.25, -0.2) is 4.39 Å². The SMILES string of the molecule is CC(N(C(N)=NC#N)c1ccc(F)cc1)C(C)(C)C. The molecule has 1 aromatic rings. The third kappa shape index (κ3) is 3.68. The van der Waals surface area contributed by atoms with Crippen LogP contribution in [0.2, 0.25) is 0 Å². The number of aliphatic imine (C=N–C) groups is 1. The van der Waals surface area contributed by atoms with Gasteiger partial charge in [-0.15, -0.1) is 4.99 Å². The van der Waals surface area contributed by atoms with E-state index in [9.17, 15) is 4.39 Å². The van der Waals surface area contributed by atoms with Crippen LogP contribution >= 0.6 is 0 Å². The quantitative estimate of drug-likeness (QED) is 0.506. The van der Waals surface area contributed by atoms with Crippen molar-refractivity contribution in [3.63, 3.8) is 0 Å². The molecule has 19 heavy (non-hydrogen) atoms. The fraction of sp³-hybridized carbons (Fsp3) is 0.429. The van der Waals surface area contributed by atoms with Gasteiger partial charge in [0.25, 0.3) is 0 Å². The van der Waals surface area contributed by atoms with E-state index < -0.39 is 0 Å². The van der Waals surface area contributed by atoms with Gasteiger partial charge in [0.2, 0.25) is 12.2 Å². The largest absolute Gasteiger partial charge is 0.369 e. The minimum absolute atomic E-state index is 0.00457. The Morgan fingerprint density at radius 2 is 1.89 bits per heavy atom. The minimum Gasteiger partial charge on any atom is -0.369 e. The van der Waals surface area contributed by atoms with Gasteiger partial charge in [-0.1, -0.05) is 20.8 Å². The van der Waals surface area contributed by atoms with E-state index in [1.54, 1.807) is 23.2 Å². The van der Waals surface area contributed by atoms with Crippen molar-refractivity contribution in [2.24, 2.45) is 16.1 Å². The summed E-state index contributed by atoms with van der Waals surface area (Å²) in [5.74, 6) is -0.209. The molecule has 0 aliphatic carbocycles. The lowest BCUT2D eigenvalue weighted by atomic mass is 9.86. The summed E-state index contributed by atoms with van der Waals surface area (Å²) in [4.78, 5) is 5.33. The third-order valence-electron chi connectivity index (χ3n) is 3.16. The zero-order chi connectivity index (χ0) is 14.6. The fourth-order valence-corrected chi connectivity index (χ4v) is 1.65. The van der Waals surface area contributed by atoms with Crippen LogP contribution < -0.4 is 10.6 Å². The van der Waals surface area contributed by atoms with Gasteiger partial charge >= 0.3 is 0 Å². The van der Waals surface area contributed by atoms with E-state index in [0.29, 0.717) is 5.69 Å². The number of halogens is 1. The van der Waals surface area contributed by atoms with E-state index in [4.69, 9.17) is 11.0 Å². The summed E-state index contributed by atoms with van der Waals surface area (Å²) in [6.07, 6.45) is 1.68. The zero-order valence-corrected chi connectivity index (χ0v) is 11.7. The summed E-state index contributed by atoms with van der Waals surface area (Å²) < 4.78 is 13.0. The average molecular weight is 262 g/mol. The van der Waals surface area contributed by atoms with Crippen molar-refractivity contribution < 1.29 is 4.39 Å². The average Bonchev–Trinajstić information content (AvgIpc) is 2.31. The van der Waals surface area contributed by atoms with Crippen LogP contribution in [0.5, 0.6) is 0 Å². The Kier molecular flexibility index (Phi) is 4.49. The van der Waals surface area contributed by atoms with Gasteiger partial charge in [0.15, 0.2) is 0 Å². The number of hydrogen-bond donors (Lipinski definition) is 1. The van der Waals surface area contributed by atoms with Crippen molar-refractivity contribution in [2.45, 2.75) is 33.7 Å². The van der Waals surface area contributed by atoms with Crippen LogP contribution in [0.3, 0.4) is 0 Å². The highest BCUT2D eigenvalue weighted by atomic mass is 19.1. The van der Waals surface area contributed by atoms with Crippen LogP contribution in [0, 0.1) is 22.7 Å². The van der Waals surface area contributed by atoms with Gasteiger partial charge in [-0.2, -0.15) is 5.26 Å². The van der Waals surface area contributed by atoms with E-state index >= 15 is 0 Å². The minimum atomic E-state index is -0.317. The highest BCUT2D eigenvalue weighted by Gasteiger charge is 2.29.